The van der Waals surface area contributed by atoms with Crippen molar-refractivity contribution in [1.29, 1.82) is 0 Å². The molecule has 2 aromatic rings. The molecule has 2 aliphatic rings. The minimum absolute atomic E-state index is 0.134. The van der Waals surface area contributed by atoms with Gasteiger partial charge in [0.15, 0.2) is 11.4 Å². The average Bonchev–Trinajstić information content (AvgIpc) is 2.76. The molecule has 0 spiro atoms. The van der Waals surface area contributed by atoms with E-state index in [1.807, 2.05) is 0 Å². The zero-order valence-electron chi connectivity index (χ0n) is 18.3. The topological polar surface area (TPSA) is 101 Å². The number of alkyl halides is 3. The van der Waals surface area contributed by atoms with E-state index in [4.69, 9.17) is 4.74 Å². The lowest BCUT2D eigenvalue weighted by molar-refractivity contribution is -0.153. The van der Waals surface area contributed by atoms with Gasteiger partial charge < -0.3 is 24.6 Å². The highest BCUT2D eigenvalue weighted by Crippen LogP contribution is 2.36. The number of benzene rings is 1. The highest BCUT2D eigenvalue weighted by atomic mass is 19.4. The minimum atomic E-state index is -4.74. The van der Waals surface area contributed by atoms with Gasteiger partial charge in [-0.15, -0.1) is 0 Å². The van der Waals surface area contributed by atoms with Crippen LogP contribution in [0.5, 0.6) is 5.75 Å². The van der Waals surface area contributed by atoms with Gasteiger partial charge in [-0.05, 0) is 31.0 Å². The first-order valence-electron chi connectivity index (χ1n) is 10.6. The maximum Gasteiger partial charge on any atom is 0.406 e. The van der Waals surface area contributed by atoms with Gasteiger partial charge in [0, 0.05) is 24.9 Å². The highest BCUT2D eigenvalue weighted by Gasteiger charge is 2.47. The summed E-state index contributed by atoms with van der Waals surface area (Å²) in [5, 5.41) is 12.7. The van der Waals surface area contributed by atoms with E-state index in [0.717, 1.165) is 22.9 Å². The first-order valence-corrected chi connectivity index (χ1v) is 10.6. The van der Waals surface area contributed by atoms with Gasteiger partial charge >= 0.3 is 6.18 Å². The Labute approximate surface area is 194 Å². The summed E-state index contributed by atoms with van der Waals surface area (Å²) in [6, 6.07) is 0.254. The van der Waals surface area contributed by atoms with Gasteiger partial charge in [0.05, 0.1) is 18.7 Å². The highest BCUT2D eigenvalue weighted by molar-refractivity contribution is 5.99. The Kier molecular flexibility index (Phi) is 6.30. The molecule has 0 saturated carbocycles. The number of carbonyl (C=O) groups excluding carboxylic acids is 2. The smallest absolute Gasteiger partial charge is 0.406 e. The summed E-state index contributed by atoms with van der Waals surface area (Å²) in [6.07, 6.45) is -3.63. The lowest BCUT2D eigenvalue weighted by Gasteiger charge is -2.45. The van der Waals surface area contributed by atoms with Gasteiger partial charge in [-0.3, -0.25) is 14.4 Å². The van der Waals surface area contributed by atoms with Crippen molar-refractivity contribution in [3.8, 4) is 5.75 Å². The van der Waals surface area contributed by atoms with E-state index < -0.39 is 82.8 Å². The molecule has 3 heterocycles. The summed E-state index contributed by atoms with van der Waals surface area (Å²) in [5.41, 5.74) is -2.74. The molecule has 13 heteroatoms. The van der Waals surface area contributed by atoms with E-state index in [9.17, 15) is 41.4 Å². The molecule has 2 N–H and O–H groups in total. The summed E-state index contributed by atoms with van der Waals surface area (Å²) in [4.78, 5) is 38.8. The fraction of sp³-hybridized carbons (Fsp3) is 0.409. The molecule has 4 rings (SSSR count). The summed E-state index contributed by atoms with van der Waals surface area (Å²) in [7, 11) is 0. The largest absolute Gasteiger partial charge is 0.503 e. The van der Waals surface area contributed by atoms with Crippen LogP contribution < -0.4 is 10.7 Å². The van der Waals surface area contributed by atoms with E-state index in [2.05, 4.69) is 5.32 Å². The molecule has 8 nitrogen and oxygen atoms in total. The second-order valence-corrected chi connectivity index (χ2v) is 8.41. The summed E-state index contributed by atoms with van der Waals surface area (Å²) >= 11 is 0. The lowest BCUT2D eigenvalue weighted by Crippen LogP contribution is -2.57. The molecule has 188 valence electrons. The Hall–Kier alpha value is -3.48. The van der Waals surface area contributed by atoms with E-state index in [1.165, 1.54) is 6.92 Å². The standard InChI is InChI=1S/C22H20F5N3O5/c1-10-4-13(23)11(14(24)5-10)6-28-20(33)12-7-29-15-2-3-35-8-16(15)30(9-22(25,26)27)21(34)17(29)19(32)18(12)31/h4-5,7,15-16,32H,2-3,6,8-9H2,1H3,(H,28,33)/t15-,16+/m1/s1. The summed E-state index contributed by atoms with van der Waals surface area (Å²) in [6.45, 7) is -0.829. The van der Waals surface area contributed by atoms with Crippen molar-refractivity contribution < 1.29 is 41.4 Å². The number of aromatic nitrogens is 1. The van der Waals surface area contributed by atoms with E-state index in [1.54, 1.807) is 0 Å². The summed E-state index contributed by atoms with van der Waals surface area (Å²) in [5.74, 6) is -5.33. The van der Waals surface area contributed by atoms with Crippen LogP contribution in [-0.2, 0) is 11.3 Å². The maximum absolute atomic E-state index is 14.1. The third-order valence-electron chi connectivity index (χ3n) is 6.03. The number of aryl methyl sites for hydroxylation is 1. The Morgan fingerprint density at radius 1 is 1.20 bits per heavy atom. The van der Waals surface area contributed by atoms with Gasteiger partial charge in [0.1, 0.15) is 23.7 Å². The number of hydrogen-bond donors (Lipinski definition) is 2. The van der Waals surface area contributed by atoms with Crippen LogP contribution >= 0.6 is 0 Å². The average molecular weight is 501 g/mol. The van der Waals surface area contributed by atoms with Crippen LogP contribution in [0.1, 0.15) is 44.4 Å². The monoisotopic (exact) mass is 501 g/mol. The SMILES string of the molecule is Cc1cc(F)c(CNC(=O)c2cn3c(c(O)c2=O)C(=O)N(CC(F)(F)F)[C@H]2COCC[C@H]23)c(F)c1. The predicted octanol–water partition coefficient (Wildman–Crippen LogP) is 2.42. The van der Waals surface area contributed by atoms with E-state index in [-0.39, 0.29) is 19.6 Å². The number of nitrogens with one attached hydrogen (secondary N) is 1. The zero-order chi connectivity index (χ0) is 25.7. The Balaban J connectivity index is 1.70. The first kappa shape index (κ1) is 24.6. The van der Waals surface area contributed by atoms with Crippen molar-refractivity contribution >= 4 is 11.8 Å². The number of rotatable bonds is 4. The number of amides is 2. The molecule has 0 aliphatic carbocycles. The van der Waals surface area contributed by atoms with Crippen LogP contribution in [0.15, 0.2) is 23.1 Å². The molecule has 2 atom stereocenters. The molecule has 2 aliphatic heterocycles. The quantitative estimate of drug-likeness (QED) is 0.627. The molecule has 0 unspecified atom stereocenters. The molecule has 0 bridgehead atoms. The maximum atomic E-state index is 14.1. The summed E-state index contributed by atoms with van der Waals surface area (Å²) < 4.78 is 73.9. The third kappa shape index (κ3) is 4.59. The second kappa shape index (κ2) is 8.95. The number of fused-ring (bicyclic) bond motifs is 3. The van der Waals surface area contributed by atoms with Crippen LogP contribution in [-0.4, -0.2) is 58.4 Å². The molecule has 1 aromatic heterocycles. The minimum Gasteiger partial charge on any atom is -0.503 e. The van der Waals surface area contributed by atoms with E-state index in [0.29, 0.717) is 10.5 Å². The van der Waals surface area contributed by atoms with Gasteiger partial charge in [0.2, 0.25) is 5.43 Å². The van der Waals surface area contributed by atoms with Crippen molar-refractivity contribution in [3.05, 3.63) is 62.6 Å². The molecular formula is C22H20F5N3O5. The molecule has 0 radical (unpaired) electrons. The van der Waals surface area contributed by atoms with Crippen molar-refractivity contribution in [3.63, 3.8) is 0 Å². The number of nitrogens with zero attached hydrogens (tertiary/aromatic N) is 2. The molecular weight excluding hydrogens is 481 g/mol. The normalized spacial score (nSPS) is 19.8. The van der Waals surface area contributed by atoms with Crippen LogP contribution in [0.4, 0.5) is 22.0 Å². The fourth-order valence-electron chi connectivity index (χ4n) is 4.42. The van der Waals surface area contributed by atoms with Gasteiger partial charge in [-0.1, -0.05) is 0 Å². The van der Waals surface area contributed by atoms with Crippen LogP contribution in [0.3, 0.4) is 0 Å². The fourth-order valence-corrected chi connectivity index (χ4v) is 4.42. The number of pyridine rings is 1. The lowest BCUT2D eigenvalue weighted by atomic mass is 9.95. The Bertz CT molecular complexity index is 1240. The number of hydrogen-bond acceptors (Lipinski definition) is 5. The first-order chi connectivity index (χ1) is 16.4. The molecule has 35 heavy (non-hydrogen) atoms. The van der Waals surface area contributed by atoms with Crippen molar-refractivity contribution in [1.82, 2.24) is 14.8 Å². The molecule has 1 aromatic carbocycles. The van der Waals surface area contributed by atoms with Crippen molar-refractivity contribution in [2.24, 2.45) is 0 Å². The predicted molar refractivity (Wildman–Crippen MR) is 110 cm³/mol. The third-order valence-corrected chi connectivity index (χ3v) is 6.03. The van der Waals surface area contributed by atoms with E-state index >= 15 is 0 Å². The number of ether oxygens (including phenoxy) is 1. The number of halogens is 5. The molecule has 1 fully saturated rings. The Morgan fingerprint density at radius 2 is 1.86 bits per heavy atom. The van der Waals surface area contributed by atoms with Crippen molar-refractivity contribution in [2.45, 2.75) is 38.1 Å². The second-order valence-electron chi connectivity index (χ2n) is 8.41. The van der Waals surface area contributed by atoms with Gasteiger partial charge in [-0.25, -0.2) is 8.78 Å². The van der Waals surface area contributed by atoms with Crippen LogP contribution in [0.25, 0.3) is 0 Å². The molecule has 2 amide bonds. The van der Waals surface area contributed by atoms with Crippen LogP contribution in [0.2, 0.25) is 0 Å². The molecule has 1 saturated heterocycles. The van der Waals surface area contributed by atoms with Gasteiger partial charge in [-0.2, -0.15) is 13.2 Å². The van der Waals surface area contributed by atoms with Crippen molar-refractivity contribution in [2.75, 3.05) is 19.8 Å². The number of aromatic hydroxyl groups is 1. The van der Waals surface area contributed by atoms with Crippen LogP contribution in [0, 0.1) is 18.6 Å². The van der Waals surface area contributed by atoms with Gasteiger partial charge in [0.25, 0.3) is 11.8 Å². The number of carbonyl (C=O) groups is 2. The Morgan fingerprint density at radius 3 is 2.49 bits per heavy atom. The zero-order valence-corrected chi connectivity index (χ0v) is 18.3.